The Hall–Kier alpha value is -2.92. The highest BCUT2D eigenvalue weighted by Gasteiger charge is 2.26. The molecular formula is C25H29N3O2. The summed E-state index contributed by atoms with van der Waals surface area (Å²) < 4.78 is 3.24. The highest BCUT2D eigenvalue weighted by molar-refractivity contribution is 5.25. The zero-order valence-electron chi connectivity index (χ0n) is 18.0. The lowest BCUT2D eigenvalue weighted by Crippen LogP contribution is -2.48. The average molecular weight is 404 g/mol. The Balaban J connectivity index is 1.73. The molecule has 0 radical (unpaired) electrons. The van der Waals surface area contributed by atoms with Crippen LogP contribution in [0.2, 0.25) is 0 Å². The van der Waals surface area contributed by atoms with Crippen LogP contribution in [0.5, 0.6) is 0 Å². The van der Waals surface area contributed by atoms with Gasteiger partial charge >= 0.3 is 5.69 Å². The maximum Gasteiger partial charge on any atom is 0.331 e. The van der Waals surface area contributed by atoms with Gasteiger partial charge in [0.15, 0.2) is 0 Å². The van der Waals surface area contributed by atoms with E-state index in [1.54, 1.807) is 0 Å². The molecule has 0 spiro atoms. The van der Waals surface area contributed by atoms with Crippen LogP contribution in [0.15, 0.2) is 64.2 Å². The molecule has 0 unspecified atom stereocenters. The highest BCUT2D eigenvalue weighted by Crippen LogP contribution is 2.19. The van der Waals surface area contributed by atoms with Crippen molar-refractivity contribution in [2.45, 2.75) is 52.9 Å². The second-order valence-corrected chi connectivity index (χ2v) is 8.49. The minimum atomic E-state index is -0.203. The molecule has 1 aliphatic rings. The van der Waals surface area contributed by atoms with E-state index in [9.17, 15) is 9.59 Å². The quantitative estimate of drug-likeness (QED) is 0.655. The molecule has 0 amide bonds. The van der Waals surface area contributed by atoms with Crippen LogP contribution in [0.4, 0.5) is 0 Å². The summed E-state index contributed by atoms with van der Waals surface area (Å²) >= 11 is 0. The van der Waals surface area contributed by atoms with Gasteiger partial charge in [-0.2, -0.15) is 0 Å². The SMILES string of the molecule is Cc1ccc(Cn2c(=O)c3c(n(C(C)C)c2=O)CCN(Cc2ccccc2)C3)cc1. The minimum Gasteiger partial charge on any atom is -0.295 e. The Kier molecular flexibility index (Phi) is 5.73. The fourth-order valence-corrected chi connectivity index (χ4v) is 4.29. The van der Waals surface area contributed by atoms with Crippen molar-refractivity contribution in [1.82, 2.24) is 14.0 Å². The third-order valence-electron chi connectivity index (χ3n) is 5.85. The summed E-state index contributed by atoms with van der Waals surface area (Å²) in [7, 11) is 0. The summed E-state index contributed by atoms with van der Waals surface area (Å²) in [6.45, 7) is 8.58. The van der Waals surface area contributed by atoms with Gasteiger partial charge in [0.25, 0.3) is 5.56 Å². The van der Waals surface area contributed by atoms with Gasteiger partial charge in [-0.3, -0.25) is 18.8 Å². The Morgan fingerprint density at radius 2 is 1.57 bits per heavy atom. The van der Waals surface area contributed by atoms with Crippen LogP contribution in [0, 0.1) is 6.92 Å². The summed E-state index contributed by atoms with van der Waals surface area (Å²) in [6, 6.07) is 18.3. The molecular weight excluding hydrogens is 374 g/mol. The van der Waals surface area contributed by atoms with Gasteiger partial charge in [-0.05, 0) is 31.9 Å². The average Bonchev–Trinajstić information content (AvgIpc) is 2.73. The highest BCUT2D eigenvalue weighted by atomic mass is 16.2. The molecule has 4 rings (SSSR count). The molecule has 3 aromatic rings. The van der Waals surface area contributed by atoms with Gasteiger partial charge < -0.3 is 0 Å². The lowest BCUT2D eigenvalue weighted by Gasteiger charge is -2.31. The number of hydrogen-bond donors (Lipinski definition) is 0. The summed E-state index contributed by atoms with van der Waals surface area (Å²) in [6.07, 6.45) is 0.718. The van der Waals surface area contributed by atoms with E-state index in [0.29, 0.717) is 13.1 Å². The van der Waals surface area contributed by atoms with Gasteiger partial charge in [0.2, 0.25) is 0 Å². The molecule has 0 saturated heterocycles. The fourth-order valence-electron chi connectivity index (χ4n) is 4.29. The lowest BCUT2D eigenvalue weighted by atomic mass is 10.0. The van der Waals surface area contributed by atoms with E-state index < -0.39 is 0 Å². The molecule has 0 saturated carbocycles. The lowest BCUT2D eigenvalue weighted by molar-refractivity contribution is 0.234. The van der Waals surface area contributed by atoms with Crippen molar-refractivity contribution < 1.29 is 0 Å². The molecule has 0 N–H and O–H groups in total. The maximum atomic E-state index is 13.4. The normalized spacial score (nSPS) is 14.1. The van der Waals surface area contributed by atoms with Gasteiger partial charge in [0.05, 0.1) is 12.1 Å². The second kappa shape index (κ2) is 8.44. The number of aryl methyl sites for hydroxylation is 1. The molecule has 1 aromatic heterocycles. The van der Waals surface area contributed by atoms with Crippen molar-refractivity contribution in [3.05, 3.63) is 103 Å². The van der Waals surface area contributed by atoms with Crippen molar-refractivity contribution in [1.29, 1.82) is 0 Å². The van der Waals surface area contributed by atoms with E-state index >= 15 is 0 Å². The summed E-state index contributed by atoms with van der Waals surface area (Å²) in [5.41, 5.74) is 4.68. The molecule has 2 heterocycles. The standard InChI is InChI=1S/C25H29N3O2/c1-18(2)28-23-13-14-26(15-20-7-5-4-6-8-20)17-22(23)24(29)27(25(28)30)16-21-11-9-19(3)10-12-21/h4-12,18H,13-17H2,1-3H3. The predicted octanol–water partition coefficient (Wildman–Crippen LogP) is 3.51. The first-order valence-electron chi connectivity index (χ1n) is 10.6. The van der Waals surface area contributed by atoms with E-state index in [-0.39, 0.29) is 17.3 Å². The third-order valence-corrected chi connectivity index (χ3v) is 5.85. The van der Waals surface area contributed by atoms with E-state index in [2.05, 4.69) is 17.0 Å². The van der Waals surface area contributed by atoms with Gasteiger partial charge in [-0.1, -0.05) is 60.2 Å². The molecule has 5 nitrogen and oxygen atoms in total. The third kappa shape index (κ3) is 4.03. The summed E-state index contributed by atoms with van der Waals surface area (Å²) in [4.78, 5) is 29.0. The van der Waals surface area contributed by atoms with E-state index in [1.165, 1.54) is 10.1 Å². The minimum absolute atomic E-state index is 0.0109. The van der Waals surface area contributed by atoms with Crippen LogP contribution in [0.25, 0.3) is 0 Å². The first-order valence-corrected chi connectivity index (χ1v) is 10.6. The summed E-state index contributed by atoms with van der Waals surface area (Å²) in [5, 5.41) is 0. The molecule has 1 aliphatic heterocycles. The molecule has 2 aromatic carbocycles. The van der Waals surface area contributed by atoms with Gasteiger partial charge in [0.1, 0.15) is 0 Å². The number of aromatic nitrogens is 2. The second-order valence-electron chi connectivity index (χ2n) is 8.49. The number of fused-ring (bicyclic) bond motifs is 1. The Bertz CT molecular complexity index is 1140. The largest absolute Gasteiger partial charge is 0.331 e. The molecule has 0 aliphatic carbocycles. The number of rotatable bonds is 5. The molecule has 156 valence electrons. The van der Waals surface area contributed by atoms with Crippen LogP contribution in [0.3, 0.4) is 0 Å². The monoisotopic (exact) mass is 403 g/mol. The molecule has 5 heteroatoms. The van der Waals surface area contributed by atoms with Crippen molar-refractivity contribution in [3.8, 4) is 0 Å². The van der Waals surface area contributed by atoms with Gasteiger partial charge in [-0.15, -0.1) is 0 Å². The zero-order valence-corrected chi connectivity index (χ0v) is 18.0. The van der Waals surface area contributed by atoms with Crippen molar-refractivity contribution in [2.75, 3.05) is 6.54 Å². The van der Waals surface area contributed by atoms with Crippen molar-refractivity contribution in [2.24, 2.45) is 0 Å². The van der Waals surface area contributed by atoms with E-state index in [1.807, 2.05) is 67.8 Å². The number of benzene rings is 2. The van der Waals surface area contributed by atoms with Crippen LogP contribution in [0.1, 0.15) is 47.8 Å². The Morgan fingerprint density at radius 1 is 0.900 bits per heavy atom. The first kappa shape index (κ1) is 20.4. The van der Waals surface area contributed by atoms with Gasteiger partial charge in [-0.25, -0.2) is 4.79 Å². The topological polar surface area (TPSA) is 47.2 Å². The smallest absolute Gasteiger partial charge is 0.295 e. The Morgan fingerprint density at radius 3 is 2.23 bits per heavy atom. The van der Waals surface area contributed by atoms with Crippen LogP contribution in [-0.4, -0.2) is 20.6 Å². The van der Waals surface area contributed by atoms with Crippen molar-refractivity contribution >= 4 is 0 Å². The summed E-state index contributed by atoms with van der Waals surface area (Å²) in [5.74, 6) is 0. The van der Waals surface area contributed by atoms with Crippen LogP contribution < -0.4 is 11.2 Å². The van der Waals surface area contributed by atoms with Gasteiger partial charge in [0, 0.05) is 37.8 Å². The predicted molar refractivity (Wildman–Crippen MR) is 120 cm³/mol. The van der Waals surface area contributed by atoms with Crippen molar-refractivity contribution in [3.63, 3.8) is 0 Å². The molecule has 30 heavy (non-hydrogen) atoms. The molecule has 0 bridgehead atoms. The molecule has 0 fully saturated rings. The first-order chi connectivity index (χ1) is 14.4. The number of hydrogen-bond acceptors (Lipinski definition) is 3. The molecule has 0 atom stereocenters. The van der Waals surface area contributed by atoms with E-state index in [4.69, 9.17) is 0 Å². The fraction of sp³-hybridized carbons (Fsp3) is 0.360. The maximum absolute atomic E-state index is 13.4. The number of nitrogens with zero attached hydrogens (tertiary/aromatic N) is 3. The van der Waals surface area contributed by atoms with Crippen LogP contribution in [-0.2, 0) is 26.1 Å². The Labute approximate surface area is 177 Å². The van der Waals surface area contributed by atoms with E-state index in [0.717, 1.165) is 41.9 Å². The van der Waals surface area contributed by atoms with Crippen LogP contribution >= 0.6 is 0 Å². The zero-order chi connectivity index (χ0) is 21.3.